The van der Waals surface area contributed by atoms with Gasteiger partial charge in [-0.15, -0.1) is 0 Å². The van der Waals surface area contributed by atoms with Gasteiger partial charge in [-0.05, 0) is 50.4 Å². The normalized spacial score (nSPS) is 25.4. The van der Waals surface area contributed by atoms with Gasteiger partial charge in [-0.3, -0.25) is 4.90 Å². The molecule has 0 amide bonds. The summed E-state index contributed by atoms with van der Waals surface area (Å²) in [5.74, 6) is -0.133. The fourth-order valence-corrected chi connectivity index (χ4v) is 3.49. The van der Waals surface area contributed by atoms with E-state index in [0.29, 0.717) is 6.04 Å². The molecule has 1 aromatic carbocycles. The van der Waals surface area contributed by atoms with E-state index in [-0.39, 0.29) is 11.9 Å². The molecule has 0 aliphatic carbocycles. The molecule has 2 fully saturated rings. The van der Waals surface area contributed by atoms with Gasteiger partial charge in [0.1, 0.15) is 5.82 Å². The number of rotatable bonds is 2. The summed E-state index contributed by atoms with van der Waals surface area (Å²) >= 11 is 0. The highest BCUT2D eigenvalue weighted by molar-refractivity contribution is 5.50. The maximum Gasteiger partial charge on any atom is 0.146 e. The lowest BCUT2D eigenvalue weighted by atomic mass is 10.1. The Kier molecular flexibility index (Phi) is 3.94. The van der Waals surface area contributed by atoms with Gasteiger partial charge in [-0.2, -0.15) is 0 Å². The van der Waals surface area contributed by atoms with Gasteiger partial charge >= 0.3 is 0 Å². The number of halogens is 1. The van der Waals surface area contributed by atoms with Crippen LogP contribution in [0.4, 0.5) is 10.1 Å². The summed E-state index contributed by atoms with van der Waals surface area (Å²) in [6, 6.07) is 5.94. The third kappa shape index (κ3) is 2.67. The first-order chi connectivity index (χ1) is 9.65. The summed E-state index contributed by atoms with van der Waals surface area (Å²) in [6.07, 6.45) is 3.64. The first kappa shape index (κ1) is 13.8. The topological polar surface area (TPSA) is 32.5 Å². The molecule has 2 N–H and O–H groups in total. The largest absolute Gasteiger partial charge is 0.368 e. The lowest BCUT2D eigenvalue weighted by molar-refractivity contribution is 0.273. The number of nitrogens with zero attached hydrogens (tertiary/aromatic N) is 2. The van der Waals surface area contributed by atoms with Crippen LogP contribution in [0.1, 0.15) is 37.8 Å². The fourth-order valence-electron chi connectivity index (χ4n) is 3.49. The second-order valence-electron chi connectivity index (χ2n) is 6.13. The summed E-state index contributed by atoms with van der Waals surface area (Å²) in [5, 5.41) is 0. The van der Waals surface area contributed by atoms with E-state index in [9.17, 15) is 4.39 Å². The predicted molar refractivity (Wildman–Crippen MR) is 80.4 cm³/mol. The molecule has 110 valence electrons. The van der Waals surface area contributed by atoms with Gasteiger partial charge in [0.05, 0.1) is 5.69 Å². The van der Waals surface area contributed by atoms with Crippen LogP contribution in [-0.4, -0.2) is 37.1 Å². The minimum atomic E-state index is -0.133. The predicted octanol–water partition coefficient (Wildman–Crippen LogP) is 2.52. The summed E-state index contributed by atoms with van der Waals surface area (Å²) in [5.41, 5.74) is 7.42. The van der Waals surface area contributed by atoms with Crippen molar-refractivity contribution in [2.24, 2.45) is 5.73 Å². The van der Waals surface area contributed by atoms with Crippen molar-refractivity contribution in [2.75, 3.05) is 31.1 Å². The van der Waals surface area contributed by atoms with E-state index in [4.69, 9.17) is 5.73 Å². The fraction of sp³-hybridized carbons (Fsp3) is 0.625. The Labute approximate surface area is 120 Å². The number of hydrogen-bond acceptors (Lipinski definition) is 3. The zero-order valence-electron chi connectivity index (χ0n) is 12.2. The van der Waals surface area contributed by atoms with Crippen LogP contribution in [0, 0.1) is 5.82 Å². The molecule has 2 aliphatic heterocycles. The first-order valence-electron chi connectivity index (χ1n) is 7.69. The zero-order chi connectivity index (χ0) is 14.1. The van der Waals surface area contributed by atoms with Crippen molar-refractivity contribution < 1.29 is 4.39 Å². The smallest absolute Gasteiger partial charge is 0.146 e. The van der Waals surface area contributed by atoms with Gasteiger partial charge in [0.25, 0.3) is 0 Å². The molecule has 0 bridgehead atoms. The second kappa shape index (κ2) is 5.70. The third-order valence-electron chi connectivity index (χ3n) is 4.64. The summed E-state index contributed by atoms with van der Waals surface area (Å²) in [7, 11) is 0. The standard InChI is InChI=1S/C16H24FN3/c1-12(18)13-5-6-16(15(17)10-13)20-9-3-8-19-7-2-4-14(19)11-20/h5-6,10,12,14H,2-4,7-9,11,18H2,1H3. The summed E-state index contributed by atoms with van der Waals surface area (Å²) < 4.78 is 14.4. The maximum atomic E-state index is 14.4. The molecule has 3 nitrogen and oxygen atoms in total. The van der Waals surface area contributed by atoms with Crippen molar-refractivity contribution in [3.63, 3.8) is 0 Å². The molecular weight excluding hydrogens is 253 g/mol. The molecule has 2 aliphatic rings. The number of nitrogens with two attached hydrogens (primary N) is 1. The lowest BCUT2D eigenvalue weighted by Crippen LogP contribution is -2.37. The number of benzene rings is 1. The van der Waals surface area contributed by atoms with Crippen LogP contribution in [0.5, 0.6) is 0 Å². The van der Waals surface area contributed by atoms with Crippen molar-refractivity contribution in [3.8, 4) is 0 Å². The summed E-state index contributed by atoms with van der Waals surface area (Å²) in [6.45, 7) is 6.15. The number of hydrogen-bond donors (Lipinski definition) is 1. The van der Waals surface area contributed by atoms with Crippen molar-refractivity contribution in [3.05, 3.63) is 29.6 Å². The minimum absolute atomic E-state index is 0.118. The SMILES string of the molecule is CC(N)c1ccc(N2CCCN3CCCC3C2)c(F)c1. The van der Waals surface area contributed by atoms with Crippen LogP contribution in [0.25, 0.3) is 0 Å². The van der Waals surface area contributed by atoms with E-state index in [0.717, 1.165) is 37.3 Å². The Morgan fingerprint density at radius 3 is 2.80 bits per heavy atom. The Balaban J connectivity index is 1.81. The summed E-state index contributed by atoms with van der Waals surface area (Å²) in [4.78, 5) is 4.78. The zero-order valence-corrected chi connectivity index (χ0v) is 12.2. The monoisotopic (exact) mass is 277 g/mol. The van der Waals surface area contributed by atoms with E-state index in [2.05, 4.69) is 9.80 Å². The highest BCUT2D eigenvalue weighted by Gasteiger charge is 2.29. The average molecular weight is 277 g/mol. The van der Waals surface area contributed by atoms with Crippen LogP contribution < -0.4 is 10.6 Å². The van der Waals surface area contributed by atoms with Crippen LogP contribution in [-0.2, 0) is 0 Å². The molecule has 20 heavy (non-hydrogen) atoms. The Bertz CT molecular complexity index is 475. The number of fused-ring (bicyclic) bond motifs is 1. The molecule has 3 rings (SSSR count). The molecule has 0 saturated carbocycles. The highest BCUT2D eigenvalue weighted by atomic mass is 19.1. The van der Waals surface area contributed by atoms with E-state index in [1.165, 1.54) is 19.4 Å². The Morgan fingerprint density at radius 2 is 2.05 bits per heavy atom. The molecule has 1 aromatic rings. The minimum Gasteiger partial charge on any atom is -0.368 e. The van der Waals surface area contributed by atoms with Gasteiger partial charge in [-0.1, -0.05) is 6.07 Å². The van der Waals surface area contributed by atoms with E-state index >= 15 is 0 Å². The maximum absolute atomic E-state index is 14.4. The van der Waals surface area contributed by atoms with Crippen LogP contribution in [0.15, 0.2) is 18.2 Å². The van der Waals surface area contributed by atoms with Gasteiger partial charge in [-0.25, -0.2) is 4.39 Å². The highest BCUT2D eigenvalue weighted by Crippen LogP contribution is 2.28. The molecule has 2 unspecified atom stereocenters. The number of anilines is 1. The molecule has 2 saturated heterocycles. The van der Waals surface area contributed by atoms with Crippen molar-refractivity contribution in [1.82, 2.24) is 4.90 Å². The van der Waals surface area contributed by atoms with E-state index < -0.39 is 0 Å². The molecule has 0 aromatic heterocycles. The molecule has 4 heteroatoms. The molecule has 2 heterocycles. The molecule has 2 atom stereocenters. The van der Waals surface area contributed by atoms with Crippen LogP contribution >= 0.6 is 0 Å². The van der Waals surface area contributed by atoms with Gasteiger partial charge in [0.15, 0.2) is 0 Å². The van der Waals surface area contributed by atoms with Gasteiger partial charge in [0.2, 0.25) is 0 Å². The lowest BCUT2D eigenvalue weighted by Gasteiger charge is -2.28. The third-order valence-corrected chi connectivity index (χ3v) is 4.64. The van der Waals surface area contributed by atoms with Crippen molar-refractivity contribution in [1.29, 1.82) is 0 Å². The van der Waals surface area contributed by atoms with Crippen molar-refractivity contribution in [2.45, 2.75) is 38.3 Å². The van der Waals surface area contributed by atoms with Crippen molar-refractivity contribution >= 4 is 5.69 Å². The van der Waals surface area contributed by atoms with Gasteiger partial charge < -0.3 is 10.6 Å². The Morgan fingerprint density at radius 1 is 1.25 bits per heavy atom. The van der Waals surface area contributed by atoms with E-state index in [1.54, 1.807) is 6.07 Å². The quantitative estimate of drug-likeness (QED) is 0.901. The average Bonchev–Trinajstić information content (AvgIpc) is 2.76. The molecular formula is C16H24FN3. The first-order valence-corrected chi connectivity index (χ1v) is 7.69. The molecule has 0 spiro atoms. The Hall–Kier alpha value is -1.13. The van der Waals surface area contributed by atoms with Crippen LogP contribution in [0.3, 0.4) is 0 Å². The molecule has 0 radical (unpaired) electrons. The van der Waals surface area contributed by atoms with E-state index in [1.807, 2.05) is 19.1 Å². The van der Waals surface area contributed by atoms with Crippen LogP contribution in [0.2, 0.25) is 0 Å². The van der Waals surface area contributed by atoms with Gasteiger partial charge in [0, 0.05) is 31.7 Å². The second-order valence-corrected chi connectivity index (χ2v) is 6.13.